The molecule has 0 aromatic heterocycles. The first-order chi connectivity index (χ1) is 13.3. The number of hydrogen-bond donors (Lipinski definition) is 2. The van der Waals surface area contributed by atoms with Crippen LogP contribution in [0.4, 0.5) is 8.78 Å². The van der Waals surface area contributed by atoms with Crippen molar-refractivity contribution in [1.29, 1.82) is 0 Å². The van der Waals surface area contributed by atoms with Crippen molar-refractivity contribution in [3.05, 3.63) is 34.9 Å². The van der Waals surface area contributed by atoms with Crippen molar-refractivity contribution in [1.82, 2.24) is 20.4 Å². The Morgan fingerprint density at radius 1 is 1.21 bits per heavy atom. The molecule has 1 aromatic rings. The van der Waals surface area contributed by atoms with Gasteiger partial charge in [0.25, 0.3) is 11.8 Å². The molecule has 0 aliphatic carbocycles. The fourth-order valence-corrected chi connectivity index (χ4v) is 4.14. The summed E-state index contributed by atoms with van der Waals surface area (Å²) in [7, 11) is 0. The van der Waals surface area contributed by atoms with Gasteiger partial charge in [-0.2, -0.15) is 0 Å². The molecule has 3 aliphatic rings. The standard InChI is InChI=1S/C19H22F2N4O3/c20-19(21)10-22-6-7-24(11-19)8-12-2-1-3-13-14(12)9-25(18(13)28)15-4-5-16(26)23-17(15)27/h1-3,15,22H,4-11H2,(H,23,26,27). The Hall–Kier alpha value is -2.39. The fraction of sp³-hybridized carbons (Fsp3) is 0.526. The lowest BCUT2D eigenvalue weighted by atomic mass is 10.0. The molecule has 0 saturated carbocycles. The van der Waals surface area contributed by atoms with Gasteiger partial charge in [-0.05, 0) is 23.6 Å². The zero-order chi connectivity index (χ0) is 19.9. The van der Waals surface area contributed by atoms with Crippen LogP contribution in [-0.4, -0.2) is 65.7 Å². The summed E-state index contributed by atoms with van der Waals surface area (Å²) >= 11 is 0. The summed E-state index contributed by atoms with van der Waals surface area (Å²) in [6.07, 6.45) is 0.489. The van der Waals surface area contributed by atoms with Gasteiger partial charge >= 0.3 is 0 Å². The summed E-state index contributed by atoms with van der Waals surface area (Å²) in [5.74, 6) is -3.85. The monoisotopic (exact) mass is 392 g/mol. The van der Waals surface area contributed by atoms with Crippen molar-refractivity contribution in [3.63, 3.8) is 0 Å². The van der Waals surface area contributed by atoms with E-state index in [-0.39, 0.29) is 37.9 Å². The smallest absolute Gasteiger partial charge is 0.272 e. The number of halogens is 2. The Morgan fingerprint density at radius 2 is 2.04 bits per heavy atom. The Labute approximate surface area is 161 Å². The molecule has 2 fully saturated rings. The Balaban J connectivity index is 1.54. The summed E-state index contributed by atoms with van der Waals surface area (Å²) in [5, 5.41) is 5.02. The average molecular weight is 392 g/mol. The second-order valence-electron chi connectivity index (χ2n) is 7.59. The number of carbonyl (C=O) groups is 3. The first-order valence-corrected chi connectivity index (χ1v) is 9.40. The summed E-state index contributed by atoms with van der Waals surface area (Å²) in [4.78, 5) is 39.6. The highest BCUT2D eigenvalue weighted by Crippen LogP contribution is 2.31. The molecule has 1 aromatic carbocycles. The molecular weight excluding hydrogens is 370 g/mol. The first-order valence-electron chi connectivity index (χ1n) is 9.40. The molecule has 2 saturated heterocycles. The molecule has 3 aliphatic heterocycles. The molecule has 0 bridgehead atoms. The maximum Gasteiger partial charge on any atom is 0.272 e. The summed E-state index contributed by atoms with van der Waals surface area (Å²) in [6.45, 7) is 0.860. The van der Waals surface area contributed by atoms with E-state index in [1.165, 1.54) is 4.90 Å². The third kappa shape index (κ3) is 3.64. The van der Waals surface area contributed by atoms with Crippen molar-refractivity contribution >= 4 is 17.7 Å². The number of alkyl halides is 2. The molecule has 0 radical (unpaired) electrons. The van der Waals surface area contributed by atoms with E-state index in [1.54, 1.807) is 17.0 Å². The van der Waals surface area contributed by atoms with Gasteiger partial charge in [-0.3, -0.25) is 24.6 Å². The van der Waals surface area contributed by atoms with Gasteiger partial charge in [0.05, 0.1) is 13.1 Å². The van der Waals surface area contributed by atoms with Gasteiger partial charge in [0.2, 0.25) is 11.8 Å². The van der Waals surface area contributed by atoms with Crippen molar-refractivity contribution in [2.75, 3.05) is 26.2 Å². The van der Waals surface area contributed by atoms with E-state index < -0.39 is 17.9 Å². The second kappa shape index (κ2) is 7.21. The zero-order valence-corrected chi connectivity index (χ0v) is 15.3. The van der Waals surface area contributed by atoms with E-state index in [0.29, 0.717) is 31.6 Å². The van der Waals surface area contributed by atoms with Gasteiger partial charge in [0, 0.05) is 38.2 Å². The highest BCUT2D eigenvalue weighted by Gasteiger charge is 2.40. The predicted octanol–water partition coefficient (Wildman–Crippen LogP) is 0.488. The number of nitrogens with one attached hydrogen (secondary N) is 2. The quantitative estimate of drug-likeness (QED) is 0.732. The van der Waals surface area contributed by atoms with Crippen LogP contribution in [0.5, 0.6) is 0 Å². The predicted molar refractivity (Wildman–Crippen MR) is 95.6 cm³/mol. The highest BCUT2D eigenvalue weighted by atomic mass is 19.3. The number of imide groups is 1. The lowest BCUT2D eigenvalue weighted by molar-refractivity contribution is -0.136. The summed E-state index contributed by atoms with van der Waals surface area (Å²) in [6, 6.07) is 4.60. The van der Waals surface area contributed by atoms with E-state index in [0.717, 1.165) is 11.1 Å². The number of hydrogen-bond acceptors (Lipinski definition) is 5. The van der Waals surface area contributed by atoms with Crippen LogP contribution in [0, 0.1) is 0 Å². The number of rotatable bonds is 3. The molecule has 28 heavy (non-hydrogen) atoms. The summed E-state index contributed by atoms with van der Waals surface area (Å²) in [5.41, 5.74) is 2.10. The van der Waals surface area contributed by atoms with Crippen LogP contribution in [-0.2, 0) is 22.7 Å². The largest absolute Gasteiger partial charge is 0.322 e. The fourth-order valence-electron chi connectivity index (χ4n) is 4.14. The van der Waals surface area contributed by atoms with Crippen molar-refractivity contribution in [3.8, 4) is 0 Å². The lowest BCUT2D eigenvalue weighted by Crippen LogP contribution is -2.52. The van der Waals surface area contributed by atoms with Gasteiger partial charge in [0.15, 0.2) is 0 Å². The molecule has 3 heterocycles. The van der Waals surface area contributed by atoms with E-state index >= 15 is 0 Å². The second-order valence-corrected chi connectivity index (χ2v) is 7.59. The van der Waals surface area contributed by atoms with Crippen LogP contribution in [0.25, 0.3) is 0 Å². The molecular formula is C19H22F2N4O3. The zero-order valence-electron chi connectivity index (χ0n) is 15.3. The Bertz CT molecular complexity index is 829. The number of fused-ring (bicyclic) bond motifs is 1. The van der Waals surface area contributed by atoms with Crippen molar-refractivity contribution in [2.24, 2.45) is 0 Å². The minimum absolute atomic E-state index is 0.194. The highest BCUT2D eigenvalue weighted by molar-refractivity contribution is 6.05. The molecule has 150 valence electrons. The van der Waals surface area contributed by atoms with Gasteiger partial charge in [-0.1, -0.05) is 12.1 Å². The topological polar surface area (TPSA) is 81.8 Å². The van der Waals surface area contributed by atoms with Crippen LogP contribution in [0.3, 0.4) is 0 Å². The molecule has 0 spiro atoms. The normalized spacial score (nSPS) is 25.4. The number of piperidine rings is 1. The van der Waals surface area contributed by atoms with Crippen molar-refractivity contribution < 1.29 is 23.2 Å². The molecule has 1 unspecified atom stereocenters. The number of carbonyl (C=O) groups excluding carboxylic acids is 3. The first kappa shape index (κ1) is 18.9. The van der Waals surface area contributed by atoms with E-state index in [9.17, 15) is 23.2 Å². The third-order valence-electron chi connectivity index (χ3n) is 5.52. The Morgan fingerprint density at radius 3 is 2.82 bits per heavy atom. The molecule has 2 N–H and O–H groups in total. The van der Waals surface area contributed by atoms with Crippen LogP contribution in [0.15, 0.2) is 18.2 Å². The SMILES string of the molecule is O=C1CCC(N2Cc3c(CN4CCNCC(F)(F)C4)cccc3C2=O)C(=O)N1. The number of benzene rings is 1. The lowest BCUT2D eigenvalue weighted by Gasteiger charge is -2.29. The van der Waals surface area contributed by atoms with Crippen LogP contribution in [0.1, 0.15) is 34.3 Å². The number of amides is 3. The minimum Gasteiger partial charge on any atom is -0.322 e. The molecule has 9 heteroatoms. The van der Waals surface area contributed by atoms with Gasteiger partial charge in [-0.15, -0.1) is 0 Å². The van der Waals surface area contributed by atoms with E-state index in [1.807, 2.05) is 6.07 Å². The summed E-state index contributed by atoms with van der Waals surface area (Å²) < 4.78 is 27.8. The van der Waals surface area contributed by atoms with Gasteiger partial charge in [-0.25, -0.2) is 8.78 Å². The average Bonchev–Trinajstić information content (AvgIpc) is 2.85. The van der Waals surface area contributed by atoms with Gasteiger partial charge in [0.1, 0.15) is 6.04 Å². The van der Waals surface area contributed by atoms with Crippen LogP contribution in [0.2, 0.25) is 0 Å². The van der Waals surface area contributed by atoms with E-state index in [2.05, 4.69) is 10.6 Å². The molecule has 4 rings (SSSR count). The molecule has 3 amide bonds. The molecule has 1 atom stereocenters. The van der Waals surface area contributed by atoms with Crippen LogP contribution < -0.4 is 10.6 Å². The maximum atomic E-state index is 13.9. The Kier molecular flexibility index (Phi) is 4.88. The molecule has 7 nitrogen and oxygen atoms in total. The van der Waals surface area contributed by atoms with E-state index in [4.69, 9.17) is 0 Å². The maximum absolute atomic E-state index is 13.9. The van der Waals surface area contributed by atoms with Crippen molar-refractivity contribution in [2.45, 2.75) is 37.9 Å². The van der Waals surface area contributed by atoms with Crippen LogP contribution >= 0.6 is 0 Å². The van der Waals surface area contributed by atoms with Gasteiger partial charge < -0.3 is 10.2 Å². The number of nitrogens with zero attached hydrogens (tertiary/aromatic N) is 2. The minimum atomic E-state index is -2.80. The third-order valence-corrected chi connectivity index (χ3v) is 5.52.